The van der Waals surface area contributed by atoms with Crippen molar-refractivity contribution in [2.24, 2.45) is 0 Å². The minimum absolute atomic E-state index is 0.527. The summed E-state index contributed by atoms with van der Waals surface area (Å²) in [7, 11) is 0. The number of hydrogen-bond donors (Lipinski definition) is 0. The quantitative estimate of drug-likeness (QED) is 0.477. The van der Waals surface area contributed by atoms with Crippen LogP contribution in [0, 0.1) is 0 Å². The van der Waals surface area contributed by atoms with Gasteiger partial charge >= 0.3 is 161 Å². The number of hydrogen-bond acceptors (Lipinski definition) is 0. The second-order valence-electron chi connectivity index (χ2n) is 7.26. The number of benzene rings is 3. The van der Waals surface area contributed by atoms with Crippen molar-refractivity contribution in [3.05, 3.63) is 77.9 Å². The molecule has 126 valence electrons. The van der Waals surface area contributed by atoms with Crippen molar-refractivity contribution in [3.8, 4) is 22.3 Å². The van der Waals surface area contributed by atoms with Crippen molar-refractivity contribution in [1.82, 2.24) is 0 Å². The number of rotatable bonds is 4. The van der Waals surface area contributed by atoms with E-state index >= 15 is 0 Å². The van der Waals surface area contributed by atoms with Crippen LogP contribution in [0.4, 0.5) is 0 Å². The molecule has 2 radical (unpaired) electrons. The SMILES string of the molecule is CC(C)c1cc(-c2ccc(-c3ccccc3)cc2)cc(C(C)C)c1[As]. The van der Waals surface area contributed by atoms with E-state index in [2.05, 4.69) is 111 Å². The fourth-order valence-corrected chi connectivity index (χ4v) is 4.57. The van der Waals surface area contributed by atoms with Crippen LogP contribution < -0.4 is 4.35 Å². The zero-order valence-corrected chi connectivity index (χ0v) is 17.3. The van der Waals surface area contributed by atoms with Gasteiger partial charge < -0.3 is 0 Å². The molecule has 3 aromatic carbocycles. The Kier molecular flexibility index (Phi) is 5.50. The van der Waals surface area contributed by atoms with Crippen molar-refractivity contribution in [2.45, 2.75) is 39.5 Å². The zero-order chi connectivity index (χ0) is 18.0. The first-order valence-electron chi connectivity index (χ1n) is 9.00. The Bertz CT molecular complexity index is 814. The zero-order valence-electron chi connectivity index (χ0n) is 15.5. The molecule has 0 aromatic heterocycles. The van der Waals surface area contributed by atoms with Crippen LogP contribution in [0.5, 0.6) is 0 Å². The summed E-state index contributed by atoms with van der Waals surface area (Å²) < 4.78 is 1.39. The summed E-state index contributed by atoms with van der Waals surface area (Å²) in [5, 5.41) is 0. The average molecular weight is 388 g/mol. The Hall–Kier alpha value is -1.78. The van der Waals surface area contributed by atoms with Gasteiger partial charge in [0.25, 0.3) is 0 Å². The van der Waals surface area contributed by atoms with Gasteiger partial charge in [-0.1, -0.05) is 0 Å². The first-order chi connectivity index (χ1) is 12.0. The monoisotopic (exact) mass is 388 g/mol. The summed E-state index contributed by atoms with van der Waals surface area (Å²) in [5.41, 5.74) is 8.02. The molecule has 0 aliphatic heterocycles. The predicted octanol–water partition coefficient (Wildman–Crippen LogP) is 6.06. The summed E-state index contributed by atoms with van der Waals surface area (Å²) in [4.78, 5) is 0. The summed E-state index contributed by atoms with van der Waals surface area (Å²) in [6.07, 6.45) is 0. The molecule has 0 heterocycles. The molecule has 0 N–H and O–H groups in total. The van der Waals surface area contributed by atoms with Gasteiger partial charge in [0.05, 0.1) is 0 Å². The first-order valence-corrected chi connectivity index (χ1v) is 9.94. The molecule has 3 aromatic rings. The summed E-state index contributed by atoms with van der Waals surface area (Å²) in [6.45, 7) is 9.11. The third-order valence-corrected chi connectivity index (χ3v) is 5.82. The molecule has 0 spiro atoms. The molecule has 0 saturated heterocycles. The van der Waals surface area contributed by atoms with Crippen LogP contribution in [-0.2, 0) is 0 Å². The first kappa shape index (κ1) is 18.0. The molecule has 1 heteroatoms. The van der Waals surface area contributed by atoms with E-state index in [0.29, 0.717) is 11.8 Å². The Morgan fingerprint density at radius 3 is 1.40 bits per heavy atom. The molecule has 0 amide bonds. The Morgan fingerprint density at radius 1 is 0.560 bits per heavy atom. The molecule has 0 bridgehead atoms. The third kappa shape index (κ3) is 3.91. The van der Waals surface area contributed by atoms with Gasteiger partial charge in [-0.15, -0.1) is 0 Å². The molecule has 0 atom stereocenters. The van der Waals surface area contributed by atoms with E-state index in [1.807, 2.05) is 0 Å². The van der Waals surface area contributed by atoms with Crippen LogP contribution in [0.2, 0.25) is 0 Å². The summed E-state index contributed by atoms with van der Waals surface area (Å²) in [5.74, 6) is 1.05. The minimum atomic E-state index is 0.527. The van der Waals surface area contributed by atoms with E-state index in [1.54, 1.807) is 0 Å². The Balaban J connectivity index is 2.04. The average Bonchev–Trinajstić information content (AvgIpc) is 2.62. The van der Waals surface area contributed by atoms with Gasteiger partial charge in [-0.3, -0.25) is 0 Å². The van der Waals surface area contributed by atoms with Gasteiger partial charge in [-0.05, 0) is 0 Å². The topological polar surface area (TPSA) is 0 Å². The van der Waals surface area contributed by atoms with Crippen molar-refractivity contribution in [1.29, 1.82) is 0 Å². The molecule has 25 heavy (non-hydrogen) atoms. The fourth-order valence-electron chi connectivity index (χ4n) is 3.21. The van der Waals surface area contributed by atoms with Crippen LogP contribution in [0.1, 0.15) is 50.7 Å². The molecule has 0 aliphatic carbocycles. The fraction of sp³-hybridized carbons (Fsp3) is 0.250. The van der Waals surface area contributed by atoms with Gasteiger partial charge in [-0.2, -0.15) is 0 Å². The molecule has 3 rings (SSSR count). The second kappa shape index (κ2) is 7.63. The van der Waals surface area contributed by atoms with E-state index in [1.165, 1.54) is 37.7 Å². The molecular weight excluding hydrogens is 363 g/mol. The van der Waals surface area contributed by atoms with Crippen molar-refractivity contribution in [2.75, 3.05) is 0 Å². The van der Waals surface area contributed by atoms with Crippen LogP contribution in [-0.4, -0.2) is 16.9 Å². The maximum atomic E-state index is 2.79. The maximum absolute atomic E-state index is 2.79. The van der Waals surface area contributed by atoms with Crippen LogP contribution in [0.15, 0.2) is 66.7 Å². The molecule has 0 saturated carbocycles. The van der Waals surface area contributed by atoms with Gasteiger partial charge in [0, 0.05) is 0 Å². The Labute approximate surface area is 160 Å². The summed E-state index contributed by atoms with van der Waals surface area (Å²) in [6, 6.07) is 24.2. The third-order valence-electron chi connectivity index (χ3n) is 4.74. The standard InChI is InChI=1S/C24H25As/c1-16(2)22-14-21(15-23(17(3)4)24(22)25)20-12-10-19(11-13-20)18-8-6-5-7-9-18/h5-17H,1-4H3. The van der Waals surface area contributed by atoms with Crippen molar-refractivity contribution in [3.63, 3.8) is 0 Å². The van der Waals surface area contributed by atoms with E-state index in [9.17, 15) is 0 Å². The second-order valence-corrected chi connectivity index (χ2v) is 8.19. The molecule has 0 fully saturated rings. The Morgan fingerprint density at radius 2 is 0.960 bits per heavy atom. The van der Waals surface area contributed by atoms with Crippen molar-refractivity contribution >= 4 is 21.2 Å². The van der Waals surface area contributed by atoms with E-state index in [-0.39, 0.29) is 0 Å². The molecule has 0 nitrogen and oxygen atoms in total. The summed E-state index contributed by atoms with van der Waals surface area (Å²) >= 11 is 2.79. The molecule has 0 unspecified atom stereocenters. The van der Waals surface area contributed by atoms with E-state index < -0.39 is 0 Å². The van der Waals surface area contributed by atoms with E-state index in [4.69, 9.17) is 0 Å². The normalized spacial score (nSPS) is 11.3. The van der Waals surface area contributed by atoms with Gasteiger partial charge in [0.1, 0.15) is 0 Å². The molecule has 0 aliphatic rings. The van der Waals surface area contributed by atoms with Crippen LogP contribution >= 0.6 is 0 Å². The van der Waals surface area contributed by atoms with E-state index in [0.717, 1.165) is 0 Å². The van der Waals surface area contributed by atoms with Gasteiger partial charge in [-0.25, -0.2) is 0 Å². The van der Waals surface area contributed by atoms with Gasteiger partial charge in [0.2, 0.25) is 0 Å². The van der Waals surface area contributed by atoms with Crippen molar-refractivity contribution < 1.29 is 0 Å². The van der Waals surface area contributed by atoms with Crippen LogP contribution in [0.3, 0.4) is 0 Å². The van der Waals surface area contributed by atoms with Gasteiger partial charge in [0.15, 0.2) is 0 Å². The predicted molar refractivity (Wildman–Crippen MR) is 111 cm³/mol. The molecular formula is C24H25As. The van der Waals surface area contributed by atoms with Crippen LogP contribution in [0.25, 0.3) is 22.3 Å².